The third-order valence-corrected chi connectivity index (χ3v) is 15.0. The number of methoxy groups -OCH3 is 1. The van der Waals surface area contributed by atoms with Crippen LogP contribution in [0.1, 0.15) is 77.9 Å². The second-order valence-electron chi connectivity index (χ2n) is 15.9. The average molecular weight is 883 g/mol. The molecule has 1 aliphatic carbocycles. The smallest absolute Gasteiger partial charge is 0.476 e. The van der Waals surface area contributed by atoms with Crippen molar-refractivity contribution < 1.29 is 60.0 Å². The van der Waals surface area contributed by atoms with Crippen LogP contribution < -0.4 is 4.74 Å². The number of hydrogen-bond acceptors (Lipinski definition) is 13. The van der Waals surface area contributed by atoms with E-state index in [9.17, 15) is 0 Å². The van der Waals surface area contributed by atoms with Crippen molar-refractivity contribution in [2.24, 2.45) is 0 Å². The normalized spacial score (nSPS) is 32.4. The SMILES string of the molecule is COc1ccc(COC2[C@H]3OC4OC([C@@H]3OP3(=O)O[C@@H](c5ccccc5)CC[C@H](c5ccccc5)O3)[C@H](OP3(=O)O[C@@H](c5ccccc5)CC[C@H](c5ccccc5)O3)[C@H]2O4)cc1. The molecule has 62 heavy (non-hydrogen) atoms. The summed E-state index contributed by atoms with van der Waals surface area (Å²) in [5, 5.41) is 0. The average Bonchev–Trinajstić information content (AvgIpc) is 3.61. The lowest BCUT2D eigenvalue weighted by Crippen LogP contribution is -2.76. The van der Waals surface area contributed by atoms with Crippen LogP contribution in [0.2, 0.25) is 0 Å². The molecule has 1 saturated carbocycles. The maximum atomic E-state index is 15.4. The summed E-state index contributed by atoms with van der Waals surface area (Å²) in [4.78, 5) is 0. The zero-order valence-corrected chi connectivity index (χ0v) is 35.7. The zero-order valence-electron chi connectivity index (χ0n) is 33.9. The number of phosphoric acid groups is 2. The lowest BCUT2D eigenvalue weighted by molar-refractivity contribution is -0.481. The van der Waals surface area contributed by atoms with Gasteiger partial charge in [-0.1, -0.05) is 133 Å². The topological polar surface area (TPSA) is 136 Å². The summed E-state index contributed by atoms with van der Waals surface area (Å²) in [6.45, 7) is -1.02. The van der Waals surface area contributed by atoms with Crippen LogP contribution in [-0.4, -0.2) is 50.2 Å². The molecule has 13 nitrogen and oxygen atoms in total. The molecule has 0 radical (unpaired) electrons. The molecular weight excluding hydrogens is 834 g/mol. The first kappa shape index (κ1) is 41.9. The zero-order chi connectivity index (χ0) is 42.1. The summed E-state index contributed by atoms with van der Waals surface area (Å²) in [6.07, 6.45) is -6.68. The molecule has 5 aromatic rings. The predicted molar refractivity (Wildman–Crippen MR) is 224 cm³/mol. The van der Waals surface area contributed by atoms with E-state index in [1.165, 1.54) is 0 Å². The number of phosphoric ester groups is 2. The van der Waals surface area contributed by atoms with Gasteiger partial charge in [-0.15, -0.1) is 0 Å². The van der Waals surface area contributed by atoms with E-state index in [2.05, 4.69) is 0 Å². The Bertz CT molecular complexity index is 2100. The van der Waals surface area contributed by atoms with Gasteiger partial charge in [0.15, 0.2) is 0 Å². The summed E-state index contributed by atoms with van der Waals surface area (Å²) in [6, 6.07) is 45.7. The van der Waals surface area contributed by atoms with Crippen LogP contribution in [-0.2, 0) is 61.8 Å². The Kier molecular flexibility index (Phi) is 12.3. The first-order valence-electron chi connectivity index (χ1n) is 21.0. The highest BCUT2D eigenvalue weighted by Gasteiger charge is 2.67. The van der Waals surface area contributed by atoms with Crippen molar-refractivity contribution in [1.29, 1.82) is 0 Å². The molecule has 11 atom stereocenters. The van der Waals surface area contributed by atoms with Gasteiger partial charge in [0.2, 0.25) is 0 Å². The minimum Gasteiger partial charge on any atom is -0.497 e. The van der Waals surface area contributed by atoms with Gasteiger partial charge in [0, 0.05) is 0 Å². The Morgan fingerprint density at radius 3 is 1.15 bits per heavy atom. The fourth-order valence-electron chi connectivity index (χ4n) is 8.88. The lowest BCUT2D eigenvalue weighted by Gasteiger charge is -2.58. The van der Waals surface area contributed by atoms with Crippen LogP contribution >= 0.6 is 15.6 Å². The summed E-state index contributed by atoms with van der Waals surface area (Å²) in [7, 11) is -7.38. The molecule has 15 heteroatoms. The van der Waals surface area contributed by atoms with Crippen LogP contribution in [0.25, 0.3) is 0 Å². The Morgan fingerprint density at radius 2 is 0.806 bits per heavy atom. The standard InChI is InChI=1S/C47H48O13P2/c1-50-36-24-22-31(23-25-36)30-51-41-42-45(59-61(48)55-37(32-14-6-2-7-15-32)26-27-38(56-61)33-16-8-3-9-17-33)44-46(43(41)53-47(52-42)54-44)60-62(49)57-39(34-18-10-4-11-19-34)28-29-40(58-62)35-20-12-5-13-21-35/h2-25,37-47H,26-30H2,1H3/t37-,38-,39-,40-,41?,42-,43+,44?,45-,46-,47?/m1/s1. The lowest BCUT2D eigenvalue weighted by atomic mass is 9.82. The van der Waals surface area contributed by atoms with Crippen LogP contribution in [0.4, 0.5) is 0 Å². The maximum absolute atomic E-state index is 15.4. The number of rotatable bonds is 12. The summed E-state index contributed by atoms with van der Waals surface area (Å²) >= 11 is 0. The van der Waals surface area contributed by atoms with Crippen molar-refractivity contribution in [1.82, 2.24) is 0 Å². The van der Waals surface area contributed by atoms with Gasteiger partial charge in [-0.3, -0.25) is 27.1 Å². The van der Waals surface area contributed by atoms with Crippen LogP contribution in [0.5, 0.6) is 5.75 Å². The van der Waals surface area contributed by atoms with Gasteiger partial charge in [-0.05, 0) is 65.6 Å². The fourth-order valence-corrected chi connectivity index (χ4v) is 12.4. The summed E-state index contributed by atoms with van der Waals surface area (Å²) in [5.74, 6) is 0.695. The maximum Gasteiger partial charge on any atom is 0.476 e. The molecule has 4 bridgehead atoms. The highest BCUT2D eigenvalue weighted by Crippen LogP contribution is 2.65. The van der Waals surface area contributed by atoms with E-state index >= 15 is 9.13 Å². The van der Waals surface area contributed by atoms with Gasteiger partial charge in [0.25, 0.3) is 6.48 Å². The van der Waals surface area contributed by atoms with Crippen molar-refractivity contribution in [2.75, 3.05) is 7.11 Å². The van der Waals surface area contributed by atoms with Crippen molar-refractivity contribution in [3.8, 4) is 5.75 Å². The first-order valence-corrected chi connectivity index (χ1v) is 24.0. The second-order valence-corrected chi connectivity index (χ2v) is 19.0. The van der Waals surface area contributed by atoms with Crippen molar-refractivity contribution in [2.45, 2.75) is 99.8 Å². The molecule has 324 valence electrons. The van der Waals surface area contributed by atoms with Crippen LogP contribution in [0, 0.1) is 0 Å². The number of ether oxygens (including phenoxy) is 5. The number of benzene rings is 5. The third-order valence-electron chi connectivity index (χ3n) is 11.9. The highest BCUT2D eigenvalue weighted by atomic mass is 31.2. The first-order chi connectivity index (χ1) is 30.3. The van der Waals surface area contributed by atoms with Crippen LogP contribution in [0.3, 0.4) is 0 Å². The largest absolute Gasteiger partial charge is 0.497 e. The Hall–Kier alpha value is -4.04. The molecule has 6 fully saturated rings. The molecular formula is C47H48O13P2. The molecule has 0 N–H and O–H groups in total. The fraction of sp³-hybridized carbons (Fsp3) is 0.362. The molecule has 0 amide bonds. The molecule has 5 aromatic carbocycles. The second kappa shape index (κ2) is 18.2. The minimum atomic E-state index is -4.49. The molecule has 5 saturated heterocycles. The van der Waals surface area contributed by atoms with Gasteiger partial charge in [-0.2, -0.15) is 0 Å². The Labute approximate surface area is 360 Å². The van der Waals surface area contributed by atoms with Gasteiger partial charge < -0.3 is 23.7 Å². The van der Waals surface area contributed by atoms with E-state index in [0.29, 0.717) is 31.4 Å². The highest BCUT2D eigenvalue weighted by molar-refractivity contribution is 7.48. The molecule has 11 rings (SSSR count). The van der Waals surface area contributed by atoms with Crippen molar-refractivity contribution in [3.05, 3.63) is 173 Å². The van der Waals surface area contributed by atoms with E-state index in [1.807, 2.05) is 146 Å². The molecule has 5 heterocycles. The van der Waals surface area contributed by atoms with E-state index in [0.717, 1.165) is 27.8 Å². The van der Waals surface area contributed by atoms with Crippen molar-refractivity contribution >= 4 is 15.6 Å². The molecule has 5 aliphatic heterocycles. The third kappa shape index (κ3) is 9.01. The molecule has 3 unspecified atom stereocenters. The molecule has 0 spiro atoms. The van der Waals surface area contributed by atoms with E-state index < -0.39 is 83.2 Å². The van der Waals surface area contributed by atoms with Gasteiger partial charge in [0.05, 0.1) is 38.1 Å². The minimum absolute atomic E-state index is 0.123. The molecule has 0 aromatic heterocycles. The van der Waals surface area contributed by atoms with E-state index in [4.69, 9.17) is 50.8 Å². The summed E-state index contributed by atoms with van der Waals surface area (Å²) in [5.41, 5.74) is 4.13. The number of hydrogen-bond donors (Lipinski definition) is 0. The summed E-state index contributed by atoms with van der Waals surface area (Å²) < 4.78 is 101. The van der Waals surface area contributed by atoms with Gasteiger partial charge in [-0.25, -0.2) is 9.13 Å². The Balaban J connectivity index is 1.01. The molecule has 6 aliphatic rings. The van der Waals surface area contributed by atoms with E-state index in [1.54, 1.807) is 7.11 Å². The van der Waals surface area contributed by atoms with Gasteiger partial charge >= 0.3 is 15.6 Å². The van der Waals surface area contributed by atoms with Gasteiger partial charge in [0.1, 0.15) is 42.4 Å². The van der Waals surface area contributed by atoms with Crippen molar-refractivity contribution in [3.63, 3.8) is 0 Å². The Morgan fingerprint density at radius 1 is 0.468 bits per heavy atom. The van der Waals surface area contributed by atoms with E-state index in [-0.39, 0.29) is 6.61 Å². The van der Waals surface area contributed by atoms with Crippen LogP contribution in [0.15, 0.2) is 146 Å². The predicted octanol–water partition coefficient (Wildman–Crippen LogP) is 10.7. The quantitative estimate of drug-likeness (QED) is 0.110. The monoisotopic (exact) mass is 882 g/mol.